The Kier molecular flexibility index (Phi) is 4.61. The summed E-state index contributed by atoms with van der Waals surface area (Å²) in [6.07, 6.45) is 0. The zero-order chi connectivity index (χ0) is 15.7. The SMILES string of the molecule is CC(C)N(C)S(=O)(=O)N(C)c1ccc(N)cc1C(=O)O. The lowest BCUT2D eigenvalue weighted by Gasteiger charge is -2.29. The van der Waals surface area contributed by atoms with E-state index in [0.29, 0.717) is 0 Å². The quantitative estimate of drug-likeness (QED) is 0.789. The normalized spacial score (nSPS) is 11.9. The zero-order valence-electron chi connectivity index (χ0n) is 11.9. The highest BCUT2D eigenvalue weighted by Crippen LogP contribution is 2.25. The van der Waals surface area contributed by atoms with E-state index >= 15 is 0 Å². The Balaban J connectivity index is 3.35. The molecule has 1 rings (SSSR count). The summed E-state index contributed by atoms with van der Waals surface area (Å²) in [4.78, 5) is 11.2. The molecule has 0 saturated heterocycles. The van der Waals surface area contributed by atoms with Gasteiger partial charge < -0.3 is 10.8 Å². The monoisotopic (exact) mass is 301 g/mol. The van der Waals surface area contributed by atoms with Gasteiger partial charge in [0.25, 0.3) is 0 Å². The molecular formula is C12H19N3O4S. The molecular weight excluding hydrogens is 282 g/mol. The second-order valence-electron chi connectivity index (χ2n) is 4.67. The van der Waals surface area contributed by atoms with Gasteiger partial charge in [0.1, 0.15) is 0 Å². The third-order valence-corrected chi connectivity index (χ3v) is 5.07. The van der Waals surface area contributed by atoms with Crippen LogP contribution in [-0.2, 0) is 10.2 Å². The standard InChI is InChI=1S/C12H19N3O4S/c1-8(2)14(3)20(18,19)15(4)11-6-5-9(13)7-10(11)12(16)17/h5-8H,13H2,1-4H3,(H,16,17). The van der Waals surface area contributed by atoms with E-state index in [2.05, 4.69) is 0 Å². The van der Waals surface area contributed by atoms with Crippen molar-refractivity contribution in [1.82, 2.24) is 4.31 Å². The zero-order valence-corrected chi connectivity index (χ0v) is 12.7. The van der Waals surface area contributed by atoms with Crippen LogP contribution >= 0.6 is 0 Å². The number of carboxylic acids is 1. The van der Waals surface area contributed by atoms with Gasteiger partial charge in [0.05, 0.1) is 11.3 Å². The molecule has 1 aromatic rings. The fourth-order valence-corrected chi connectivity index (χ4v) is 2.91. The first-order valence-corrected chi connectivity index (χ1v) is 7.33. The van der Waals surface area contributed by atoms with Crippen LogP contribution in [0.25, 0.3) is 0 Å². The van der Waals surface area contributed by atoms with Crippen LogP contribution in [-0.4, -0.2) is 43.9 Å². The number of carbonyl (C=O) groups is 1. The van der Waals surface area contributed by atoms with Crippen LogP contribution in [0, 0.1) is 0 Å². The smallest absolute Gasteiger partial charge is 0.337 e. The number of hydrogen-bond donors (Lipinski definition) is 2. The number of anilines is 2. The second-order valence-corrected chi connectivity index (χ2v) is 6.69. The van der Waals surface area contributed by atoms with Crippen LogP contribution < -0.4 is 10.0 Å². The fraction of sp³-hybridized carbons (Fsp3) is 0.417. The van der Waals surface area contributed by atoms with Crippen molar-refractivity contribution in [2.75, 3.05) is 24.1 Å². The Bertz CT molecular complexity index is 613. The number of hydrogen-bond acceptors (Lipinski definition) is 4. The largest absolute Gasteiger partial charge is 0.478 e. The van der Waals surface area contributed by atoms with Gasteiger partial charge in [0.2, 0.25) is 0 Å². The van der Waals surface area contributed by atoms with Crippen molar-refractivity contribution in [2.24, 2.45) is 0 Å². The highest BCUT2D eigenvalue weighted by molar-refractivity contribution is 7.90. The van der Waals surface area contributed by atoms with Crippen molar-refractivity contribution in [1.29, 1.82) is 0 Å². The molecule has 0 bridgehead atoms. The number of nitrogens with two attached hydrogens (primary N) is 1. The summed E-state index contributed by atoms with van der Waals surface area (Å²) in [5.74, 6) is -1.23. The lowest BCUT2D eigenvalue weighted by molar-refractivity contribution is 0.0698. The number of rotatable bonds is 5. The fourth-order valence-electron chi connectivity index (χ4n) is 1.58. The van der Waals surface area contributed by atoms with Crippen LogP contribution in [0.1, 0.15) is 24.2 Å². The second kappa shape index (κ2) is 5.68. The molecule has 0 aliphatic carbocycles. The first-order chi connectivity index (χ1) is 9.09. The van der Waals surface area contributed by atoms with Gasteiger partial charge in [-0.3, -0.25) is 4.31 Å². The Morgan fingerprint density at radius 2 is 1.85 bits per heavy atom. The predicted octanol–water partition coefficient (Wildman–Crippen LogP) is 0.988. The van der Waals surface area contributed by atoms with Gasteiger partial charge in [-0.05, 0) is 32.0 Å². The van der Waals surface area contributed by atoms with Crippen LogP contribution in [0.2, 0.25) is 0 Å². The number of benzene rings is 1. The van der Waals surface area contributed by atoms with Crippen molar-refractivity contribution in [2.45, 2.75) is 19.9 Å². The summed E-state index contributed by atoms with van der Waals surface area (Å²) in [5, 5.41) is 9.16. The molecule has 0 aromatic heterocycles. The van der Waals surface area contributed by atoms with Crippen molar-refractivity contribution in [3.8, 4) is 0 Å². The van der Waals surface area contributed by atoms with Crippen molar-refractivity contribution in [3.05, 3.63) is 23.8 Å². The lowest BCUT2D eigenvalue weighted by atomic mass is 10.1. The minimum Gasteiger partial charge on any atom is -0.478 e. The molecule has 0 fully saturated rings. The maximum Gasteiger partial charge on any atom is 0.337 e. The maximum atomic E-state index is 12.4. The number of carboxylic acid groups (broad SMARTS) is 1. The molecule has 0 atom stereocenters. The van der Waals surface area contributed by atoms with Gasteiger partial charge in [-0.15, -0.1) is 0 Å². The van der Waals surface area contributed by atoms with Gasteiger partial charge in [0.15, 0.2) is 0 Å². The Labute approximate surface area is 118 Å². The molecule has 7 nitrogen and oxygen atoms in total. The van der Waals surface area contributed by atoms with E-state index in [1.165, 1.54) is 32.3 Å². The molecule has 112 valence electrons. The van der Waals surface area contributed by atoms with E-state index in [1.807, 2.05) is 0 Å². The Morgan fingerprint density at radius 1 is 1.30 bits per heavy atom. The topological polar surface area (TPSA) is 104 Å². The molecule has 0 saturated carbocycles. The van der Waals surface area contributed by atoms with Crippen LogP contribution in [0.15, 0.2) is 18.2 Å². The van der Waals surface area contributed by atoms with Crippen LogP contribution in [0.3, 0.4) is 0 Å². The van der Waals surface area contributed by atoms with Gasteiger partial charge in [-0.2, -0.15) is 12.7 Å². The molecule has 0 radical (unpaired) electrons. The lowest BCUT2D eigenvalue weighted by Crippen LogP contribution is -2.43. The third kappa shape index (κ3) is 3.02. The van der Waals surface area contributed by atoms with E-state index in [4.69, 9.17) is 10.8 Å². The molecule has 0 amide bonds. The van der Waals surface area contributed by atoms with E-state index in [9.17, 15) is 13.2 Å². The number of nitrogens with zero attached hydrogens (tertiary/aromatic N) is 2. The number of aromatic carboxylic acids is 1. The molecule has 20 heavy (non-hydrogen) atoms. The van der Waals surface area contributed by atoms with Gasteiger partial charge in [0, 0.05) is 25.8 Å². The molecule has 3 N–H and O–H groups in total. The molecule has 0 heterocycles. The van der Waals surface area contributed by atoms with Gasteiger partial charge in [-0.1, -0.05) is 0 Å². The molecule has 1 aromatic carbocycles. The Morgan fingerprint density at radius 3 is 2.30 bits per heavy atom. The summed E-state index contributed by atoms with van der Waals surface area (Å²) in [6.45, 7) is 3.46. The molecule has 0 unspecified atom stereocenters. The molecule has 0 spiro atoms. The minimum atomic E-state index is -3.80. The van der Waals surface area contributed by atoms with Crippen molar-refractivity contribution < 1.29 is 18.3 Å². The highest BCUT2D eigenvalue weighted by Gasteiger charge is 2.28. The molecule has 0 aliphatic rings. The summed E-state index contributed by atoms with van der Waals surface area (Å²) in [7, 11) is -1.05. The summed E-state index contributed by atoms with van der Waals surface area (Å²) >= 11 is 0. The van der Waals surface area contributed by atoms with Crippen LogP contribution in [0.4, 0.5) is 11.4 Å². The molecule has 8 heteroatoms. The maximum absolute atomic E-state index is 12.4. The average molecular weight is 301 g/mol. The van der Waals surface area contributed by atoms with E-state index < -0.39 is 16.2 Å². The van der Waals surface area contributed by atoms with Gasteiger partial charge in [-0.25, -0.2) is 4.79 Å². The van der Waals surface area contributed by atoms with Crippen LogP contribution in [0.5, 0.6) is 0 Å². The van der Waals surface area contributed by atoms with Crippen molar-refractivity contribution >= 4 is 27.6 Å². The Hall–Kier alpha value is -1.80. The summed E-state index contributed by atoms with van der Waals surface area (Å²) in [5.41, 5.74) is 5.71. The number of nitrogen functional groups attached to an aromatic ring is 1. The van der Waals surface area contributed by atoms with E-state index in [1.54, 1.807) is 13.8 Å². The third-order valence-electron chi connectivity index (χ3n) is 3.03. The van der Waals surface area contributed by atoms with E-state index in [-0.39, 0.29) is 23.0 Å². The van der Waals surface area contributed by atoms with Gasteiger partial charge >= 0.3 is 16.2 Å². The van der Waals surface area contributed by atoms with Crippen molar-refractivity contribution in [3.63, 3.8) is 0 Å². The summed E-state index contributed by atoms with van der Waals surface area (Å²) in [6, 6.07) is 3.83. The average Bonchev–Trinajstić information content (AvgIpc) is 2.36. The summed E-state index contributed by atoms with van der Waals surface area (Å²) < 4.78 is 26.8. The first kappa shape index (κ1) is 16.3. The highest BCUT2D eigenvalue weighted by atomic mass is 32.2. The van der Waals surface area contributed by atoms with E-state index in [0.717, 1.165) is 8.61 Å². The minimum absolute atomic E-state index is 0.0687. The predicted molar refractivity (Wildman–Crippen MR) is 78.0 cm³/mol. The molecule has 0 aliphatic heterocycles. The first-order valence-electron chi connectivity index (χ1n) is 5.93.